The number of benzene rings is 2. The SMILES string of the molecule is Cc1ccc(/C=C2\SC(=S)N(CCCCCC(=O)Nc3cccc(Cl)c3)C2=O)cc1. The molecule has 0 radical (unpaired) electrons. The van der Waals surface area contributed by atoms with Gasteiger partial charge in [0.05, 0.1) is 4.91 Å². The molecule has 1 saturated heterocycles. The van der Waals surface area contributed by atoms with Gasteiger partial charge in [0, 0.05) is 23.7 Å². The fraction of sp³-hybridized carbons (Fsp3) is 0.261. The molecule has 7 heteroatoms. The summed E-state index contributed by atoms with van der Waals surface area (Å²) in [6.45, 7) is 2.61. The van der Waals surface area contributed by atoms with Crippen molar-refractivity contribution in [2.24, 2.45) is 0 Å². The molecule has 156 valence electrons. The number of hydrogen-bond acceptors (Lipinski definition) is 4. The van der Waals surface area contributed by atoms with E-state index in [4.69, 9.17) is 23.8 Å². The van der Waals surface area contributed by atoms with Crippen LogP contribution in [0.3, 0.4) is 0 Å². The van der Waals surface area contributed by atoms with Gasteiger partial charge in [0.1, 0.15) is 4.32 Å². The molecule has 2 aromatic carbocycles. The molecule has 2 aromatic rings. The number of nitrogens with one attached hydrogen (secondary N) is 1. The van der Waals surface area contributed by atoms with Crippen LogP contribution in [0.4, 0.5) is 5.69 Å². The van der Waals surface area contributed by atoms with E-state index in [0.717, 1.165) is 24.8 Å². The number of nitrogens with zero attached hydrogens (tertiary/aromatic N) is 1. The molecule has 0 saturated carbocycles. The van der Waals surface area contributed by atoms with Crippen molar-refractivity contribution in [3.63, 3.8) is 0 Å². The molecule has 0 aromatic heterocycles. The predicted molar refractivity (Wildman–Crippen MR) is 130 cm³/mol. The maximum Gasteiger partial charge on any atom is 0.266 e. The number of thioether (sulfide) groups is 1. The van der Waals surface area contributed by atoms with Gasteiger partial charge in [0.2, 0.25) is 5.91 Å². The Hall–Kier alpha value is -2.15. The van der Waals surface area contributed by atoms with Crippen molar-refractivity contribution in [1.29, 1.82) is 0 Å². The molecule has 1 N–H and O–H groups in total. The number of carbonyl (C=O) groups is 2. The van der Waals surface area contributed by atoms with Crippen molar-refractivity contribution in [3.05, 3.63) is 69.6 Å². The highest BCUT2D eigenvalue weighted by Crippen LogP contribution is 2.32. The third-order valence-electron chi connectivity index (χ3n) is 4.64. The molecule has 2 amide bonds. The summed E-state index contributed by atoms with van der Waals surface area (Å²) in [5.41, 5.74) is 2.87. The lowest BCUT2D eigenvalue weighted by Gasteiger charge is -2.14. The zero-order valence-electron chi connectivity index (χ0n) is 16.7. The first-order valence-electron chi connectivity index (χ1n) is 9.80. The third kappa shape index (κ3) is 6.42. The van der Waals surface area contributed by atoms with Crippen molar-refractivity contribution in [2.45, 2.75) is 32.6 Å². The highest BCUT2D eigenvalue weighted by Gasteiger charge is 2.31. The monoisotopic (exact) mass is 458 g/mol. The van der Waals surface area contributed by atoms with E-state index in [0.29, 0.717) is 32.9 Å². The number of unbranched alkanes of at least 4 members (excludes halogenated alkanes) is 2. The van der Waals surface area contributed by atoms with Crippen LogP contribution in [-0.4, -0.2) is 27.6 Å². The summed E-state index contributed by atoms with van der Waals surface area (Å²) in [5.74, 6) is -0.0758. The van der Waals surface area contributed by atoms with Crippen LogP contribution in [0.1, 0.15) is 36.8 Å². The first-order chi connectivity index (χ1) is 14.4. The number of aryl methyl sites for hydroxylation is 1. The lowest BCUT2D eigenvalue weighted by atomic mass is 10.1. The molecule has 0 spiro atoms. The molecule has 1 fully saturated rings. The van der Waals surface area contributed by atoms with E-state index < -0.39 is 0 Å². The summed E-state index contributed by atoms with van der Waals surface area (Å²) in [5, 5.41) is 3.43. The van der Waals surface area contributed by atoms with Crippen molar-refractivity contribution in [1.82, 2.24) is 4.90 Å². The van der Waals surface area contributed by atoms with Gasteiger partial charge in [-0.05, 0) is 49.6 Å². The van der Waals surface area contributed by atoms with E-state index >= 15 is 0 Å². The Labute approximate surface area is 191 Å². The molecule has 0 aliphatic carbocycles. The number of hydrogen-bond donors (Lipinski definition) is 1. The summed E-state index contributed by atoms with van der Waals surface area (Å²) >= 11 is 12.7. The van der Waals surface area contributed by atoms with Gasteiger partial charge in [-0.1, -0.05) is 77.9 Å². The number of rotatable bonds is 8. The molecule has 0 atom stereocenters. The fourth-order valence-electron chi connectivity index (χ4n) is 3.03. The van der Waals surface area contributed by atoms with Crippen LogP contribution < -0.4 is 5.32 Å². The largest absolute Gasteiger partial charge is 0.326 e. The maximum absolute atomic E-state index is 12.7. The highest BCUT2D eigenvalue weighted by atomic mass is 35.5. The van der Waals surface area contributed by atoms with E-state index in [-0.39, 0.29) is 11.8 Å². The lowest BCUT2D eigenvalue weighted by Crippen LogP contribution is -2.29. The van der Waals surface area contributed by atoms with Crippen LogP contribution in [0.5, 0.6) is 0 Å². The molecule has 1 aliphatic heterocycles. The molecule has 3 rings (SSSR count). The van der Waals surface area contributed by atoms with Gasteiger partial charge >= 0.3 is 0 Å². The minimum atomic E-state index is -0.0380. The third-order valence-corrected chi connectivity index (χ3v) is 6.26. The Balaban J connectivity index is 1.41. The van der Waals surface area contributed by atoms with E-state index in [1.54, 1.807) is 23.1 Å². The average molecular weight is 459 g/mol. The van der Waals surface area contributed by atoms with Gasteiger partial charge in [-0.3, -0.25) is 14.5 Å². The summed E-state index contributed by atoms with van der Waals surface area (Å²) in [7, 11) is 0. The van der Waals surface area contributed by atoms with Crippen molar-refractivity contribution in [2.75, 3.05) is 11.9 Å². The van der Waals surface area contributed by atoms with E-state index in [1.807, 2.05) is 43.3 Å². The predicted octanol–water partition coefficient (Wildman–Crippen LogP) is 6.05. The molecular weight excluding hydrogens is 436 g/mol. The first kappa shape index (κ1) is 22.5. The van der Waals surface area contributed by atoms with E-state index in [1.165, 1.54) is 17.3 Å². The standard InChI is InChI=1S/C23H23ClN2O2S2/c1-16-9-11-17(12-10-16)14-20-22(28)26(23(29)30-20)13-4-2-3-8-21(27)25-19-7-5-6-18(24)15-19/h5-7,9-12,14-15H,2-4,8,13H2,1H3,(H,25,27)/b20-14-. The Morgan fingerprint density at radius 2 is 1.93 bits per heavy atom. The first-order valence-corrected chi connectivity index (χ1v) is 11.4. The second-order valence-electron chi connectivity index (χ2n) is 7.11. The molecule has 1 heterocycles. The minimum absolute atomic E-state index is 0.0377. The summed E-state index contributed by atoms with van der Waals surface area (Å²) in [6.07, 6.45) is 4.71. The van der Waals surface area contributed by atoms with Crippen molar-refractivity contribution >= 4 is 63.5 Å². The van der Waals surface area contributed by atoms with Gasteiger partial charge < -0.3 is 5.32 Å². The number of halogens is 1. The number of amides is 2. The minimum Gasteiger partial charge on any atom is -0.326 e. The number of carbonyl (C=O) groups excluding carboxylic acids is 2. The van der Waals surface area contributed by atoms with Crippen LogP contribution in [0, 0.1) is 6.92 Å². The van der Waals surface area contributed by atoms with Gasteiger partial charge in [0.25, 0.3) is 5.91 Å². The van der Waals surface area contributed by atoms with Gasteiger partial charge in [-0.15, -0.1) is 0 Å². The topological polar surface area (TPSA) is 49.4 Å². The zero-order chi connectivity index (χ0) is 21.5. The van der Waals surface area contributed by atoms with Crippen LogP contribution in [0.2, 0.25) is 5.02 Å². The van der Waals surface area contributed by atoms with Crippen molar-refractivity contribution in [3.8, 4) is 0 Å². The number of thiocarbonyl (C=S) groups is 1. The van der Waals surface area contributed by atoms with E-state index in [2.05, 4.69) is 5.32 Å². The fourth-order valence-corrected chi connectivity index (χ4v) is 4.53. The molecule has 0 unspecified atom stereocenters. The normalized spacial score (nSPS) is 15.1. The maximum atomic E-state index is 12.7. The number of anilines is 1. The molecule has 4 nitrogen and oxygen atoms in total. The second kappa shape index (κ2) is 10.8. The Morgan fingerprint density at radius 1 is 1.17 bits per heavy atom. The Morgan fingerprint density at radius 3 is 2.67 bits per heavy atom. The molecule has 1 aliphatic rings. The van der Waals surface area contributed by atoms with Crippen LogP contribution in [-0.2, 0) is 9.59 Å². The summed E-state index contributed by atoms with van der Waals surface area (Å²) in [4.78, 5) is 27.0. The van der Waals surface area contributed by atoms with Gasteiger partial charge in [-0.2, -0.15) is 0 Å². The lowest BCUT2D eigenvalue weighted by molar-refractivity contribution is -0.122. The van der Waals surface area contributed by atoms with Crippen LogP contribution >= 0.6 is 35.6 Å². The Bertz CT molecular complexity index is 973. The van der Waals surface area contributed by atoms with Crippen LogP contribution in [0.25, 0.3) is 6.08 Å². The summed E-state index contributed by atoms with van der Waals surface area (Å²) < 4.78 is 0.595. The summed E-state index contributed by atoms with van der Waals surface area (Å²) in [6, 6.07) is 15.1. The van der Waals surface area contributed by atoms with Gasteiger partial charge in [-0.25, -0.2) is 0 Å². The molecule has 0 bridgehead atoms. The van der Waals surface area contributed by atoms with E-state index in [9.17, 15) is 9.59 Å². The van der Waals surface area contributed by atoms with Crippen molar-refractivity contribution < 1.29 is 9.59 Å². The second-order valence-corrected chi connectivity index (χ2v) is 9.23. The quantitative estimate of drug-likeness (QED) is 0.297. The van der Waals surface area contributed by atoms with Gasteiger partial charge in [0.15, 0.2) is 0 Å². The average Bonchev–Trinajstić information content (AvgIpc) is 2.96. The van der Waals surface area contributed by atoms with Crippen LogP contribution in [0.15, 0.2) is 53.4 Å². The molecular formula is C23H23ClN2O2S2. The zero-order valence-corrected chi connectivity index (χ0v) is 19.1. The smallest absolute Gasteiger partial charge is 0.266 e. The Kier molecular flexibility index (Phi) is 8.08. The highest BCUT2D eigenvalue weighted by molar-refractivity contribution is 8.26. The molecule has 30 heavy (non-hydrogen) atoms.